The summed E-state index contributed by atoms with van der Waals surface area (Å²) in [5.41, 5.74) is 2.82. The van der Waals surface area contributed by atoms with Crippen molar-refractivity contribution in [2.24, 2.45) is 7.05 Å². The van der Waals surface area contributed by atoms with Crippen LogP contribution in [0.4, 0.5) is 0 Å². The zero-order chi connectivity index (χ0) is 15.8. The van der Waals surface area contributed by atoms with E-state index in [0.717, 1.165) is 11.1 Å². The van der Waals surface area contributed by atoms with Crippen molar-refractivity contribution in [1.29, 1.82) is 0 Å². The Kier molecular flexibility index (Phi) is 3.05. The number of nitrogens with one attached hydrogen (secondary N) is 1. The Hall–Kier alpha value is -3.21. The highest BCUT2D eigenvalue weighted by Gasteiger charge is 2.16. The van der Waals surface area contributed by atoms with Gasteiger partial charge >= 0.3 is 0 Å². The highest BCUT2D eigenvalue weighted by Crippen LogP contribution is 2.25. The maximum atomic E-state index is 12.6. The van der Waals surface area contributed by atoms with Crippen LogP contribution < -0.4 is 5.56 Å². The number of rotatable bonds is 2. The van der Waals surface area contributed by atoms with Crippen molar-refractivity contribution in [2.75, 3.05) is 0 Å². The standard InChI is InChI=1S/C18H14N4O/c1-22-17-14(15(21-22)12-8-4-2-5-9-12)18(23)20-16(19-17)13-10-6-3-7-11-13/h2-11H,1H3,(H,19,20,23). The van der Waals surface area contributed by atoms with E-state index in [1.807, 2.05) is 60.7 Å². The molecule has 0 saturated heterocycles. The molecule has 0 spiro atoms. The van der Waals surface area contributed by atoms with Crippen LogP contribution in [0.25, 0.3) is 33.7 Å². The normalized spacial score (nSPS) is 11.0. The Morgan fingerprint density at radius 1 is 0.913 bits per heavy atom. The van der Waals surface area contributed by atoms with E-state index in [9.17, 15) is 4.79 Å². The van der Waals surface area contributed by atoms with E-state index < -0.39 is 0 Å². The molecule has 0 bridgehead atoms. The van der Waals surface area contributed by atoms with Gasteiger partial charge in [0, 0.05) is 18.2 Å². The minimum absolute atomic E-state index is 0.180. The molecule has 0 atom stereocenters. The van der Waals surface area contributed by atoms with Crippen molar-refractivity contribution in [3.05, 3.63) is 71.0 Å². The number of benzene rings is 2. The summed E-state index contributed by atoms with van der Waals surface area (Å²) in [7, 11) is 1.80. The fraction of sp³-hybridized carbons (Fsp3) is 0.0556. The molecule has 4 rings (SSSR count). The third-order valence-electron chi connectivity index (χ3n) is 3.79. The third-order valence-corrected chi connectivity index (χ3v) is 3.79. The minimum atomic E-state index is -0.180. The molecule has 0 saturated carbocycles. The lowest BCUT2D eigenvalue weighted by Gasteiger charge is -2.01. The summed E-state index contributed by atoms with van der Waals surface area (Å²) in [4.78, 5) is 20.1. The molecule has 5 nitrogen and oxygen atoms in total. The molecule has 2 aromatic carbocycles. The quantitative estimate of drug-likeness (QED) is 0.619. The Morgan fingerprint density at radius 2 is 1.52 bits per heavy atom. The second-order valence-electron chi connectivity index (χ2n) is 5.32. The van der Waals surface area contributed by atoms with Crippen molar-refractivity contribution in [1.82, 2.24) is 19.7 Å². The lowest BCUT2D eigenvalue weighted by Crippen LogP contribution is -2.10. The van der Waals surface area contributed by atoms with Gasteiger partial charge < -0.3 is 4.98 Å². The molecule has 0 fully saturated rings. The molecule has 0 aliphatic heterocycles. The number of aromatic nitrogens is 4. The number of aromatic amines is 1. The number of hydrogen-bond donors (Lipinski definition) is 1. The predicted molar refractivity (Wildman–Crippen MR) is 90.0 cm³/mol. The number of fused-ring (bicyclic) bond motifs is 1. The minimum Gasteiger partial charge on any atom is -0.306 e. The van der Waals surface area contributed by atoms with Crippen LogP contribution in [0.2, 0.25) is 0 Å². The first kappa shape index (κ1) is 13.5. The molecule has 5 heteroatoms. The number of nitrogens with zero attached hydrogens (tertiary/aromatic N) is 3. The van der Waals surface area contributed by atoms with Gasteiger partial charge in [-0.2, -0.15) is 5.10 Å². The molecule has 0 aliphatic rings. The van der Waals surface area contributed by atoms with Crippen LogP contribution in [-0.2, 0) is 7.05 Å². The van der Waals surface area contributed by atoms with Gasteiger partial charge in [0.15, 0.2) is 5.65 Å². The van der Waals surface area contributed by atoms with E-state index in [0.29, 0.717) is 22.6 Å². The van der Waals surface area contributed by atoms with Crippen LogP contribution in [0.1, 0.15) is 0 Å². The number of aryl methyl sites for hydroxylation is 1. The Bertz CT molecular complexity index is 1030. The SMILES string of the molecule is Cn1nc(-c2ccccc2)c2c(=O)[nH]c(-c3ccccc3)nc21. The fourth-order valence-electron chi connectivity index (χ4n) is 2.69. The summed E-state index contributed by atoms with van der Waals surface area (Å²) < 4.78 is 1.65. The molecule has 0 unspecified atom stereocenters. The summed E-state index contributed by atoms with van der Waals surface area (Å²) in [5, 5.41) is 5.00. The monoisotopic (exact) mass is 302 g/mol. The number of H-pyrrole nitrogens is 1. The van der Waals surface area contributed by atoms with Crippen LogP contribution in [0.3, 0.4) is 0 Å². The van der Waals surface area contributed by atoms with Crippen molar-refractivity contribution in [2.45, 2.75) is 0 Å². The molecule has 23 heavy (non-hydrogen) atoms. The fourth-order valence-corrected chi connectivity index (χ4v) is 2.69. The van der Waals surface area contributed by atoms with Crippen LogP contribution in [-0.4, -0.2) is 19.7 Å². The van der Waals surface area contributed by atoms with Crippen LogP contribution in [0.15, 0.2) is 65.5 Å². The Labute approximate surface area is 132 Å². The maximum absolute atomic E-state index is 12.6. The second kappa shape index (κ2) is 5.21. The molecule has 0 aliphatic carbocycles. The summed E-state index contributed by atoms with van der Waals surface area (Å²) in [6.07, 6.45) is 0. The van der Waals surface area contributed by atoms with Gasteiger partial charge in [0.25, 0.3) is 5.56 Å². The van der Waals surface area contributed by atoms with Gasteiger partial charge in [-0.15, -0.1) is 0 Å². The highest BCUT2D eigenvalue weighted by atomic mass is 16.1. The van der Waals surface area contributed by atoms with Gasteiger partial charge in [-0.1, -0.05) is 60.7 Å². The van der Waals surface area contributed by atoms with E-state index in [-0.39, 0.29) is 5.56 Å². The average Bonchev–Trinajstić information content (AvgIpc) is 2.94. The molecule has 2 heterocycles. The summed E-state index contributed by atoms with van der Waals surface area (Å²) >= 11 is 0. The molecule has 112 valence electrons. The van der Waals surface area contributed by atoms with Crippen LogP contribution in [0.5, 0.6) is 0 Å². The first-order valence-electron chi connectivity index (χ1n) is 7.32. The topological polar surface area (TPSA) is 63.6 Å². The van der Waals surface area contributed by atoms with Crippen molar-refractivity contribution < 1.29 is 0 Å². The number of hydrogen-bond acceptors (Lipinski definition) is 3. The first-order chi connectivity index (χ1) is 11.2. The van der Waals surface area contributed by atoms with Gasteiger partial charge in [-0.05, 0) is 0 Å². The van der Waals surface area contributed by atoms with E-state index >= 15 is 0 Å². The Balaban J connectivity index is 2.00. The zero-order valence-corrected chi connectivity index (χ0v) is 12.5. The van der Waals surface area contributed by atoms with Crippen molar-refractivity contribution in [3.63, 3.8) is 0 Å². The van der Waals surface area contributed by atoms with Crippen LogP contribution >= 0.6 is 0 Å². The predicted octanol–water partition coefficient (Wildman–Crippen LogP) is 2.99. The summed E-state index contributed by atoms with van der Waals surface area (Å²) in [6, 6.07) is 19.3. The highest BCUT2D eigenvalue weighted by molar-refractivity contribution is 5.91. The lowest BCUT2D eigenvalue weighted by atomic mass is 10.1. The van der Waals surface area contributed by atoms with Crippen molar-refractivity contribution in [3.8, 4) is 22.6 Å². The summed E-state index contributed by atoms with van der Waals surface area (Å²) in [5.74, 6) is 0.547. The summed E-state index contributed by atoms with van der Waals surface area (Å²) in [6.45, 7) is 0. The van der Waals surface area contributed by atoms with Gasteiger partial charge in [0.1, 0.15) is 16.9 Å². The molecule has 0 amide bonds. The molecular weight excluding hydrogens is 288 g/mol. The largest absolute Gasteiger partial charge is 0.306 e. The van der Waals surface area contributed by atoms with E-state index in [1.54, 1.807) is 11.7 Å². The molecule has 2 aromatic heterocycles. The van der Waals surface area contributed by atoms with E-state index in [4.69, 9.17) is 0 Å². The molecule has 0 radical (unpaired) electrons. The third kappa shape index (κ3) is 2.23. The maximum Gasteiger partial charge on any atom is 0.262 e. The van der Waals surface area contributed by atoms with E-state index in [1.165, 1.54) is 0 Å². The van der Waals surface area contributed by atoms with Gasteiger partial charge in [0.2, 0.25) is 0 Å². The van der Waals surface area contributed by atoms with Crippen molar-refractivity contribution >= 4 is 11.0 Å². The van der Waals surface area contributed by atoms with E-state index in [2.05, 4.69) is 15.1 Å². The average molecular weight is 302 g/mol. The zero-order valence-electron chi connectivity index (χ0n) is 12.5. The molecule has 4 aromatic rings. The van der Waals surface area contributed by atoms with Crippen LogP contribution in [0, 0.1) is 0 Å². The molecular formula is C18H14N4O. The van der Waals surface area contributed by atoms with Gasteiger partial charge in [-0.25, -0.2) is 9.67 Å². The molecule has 1 N–H and O–H groups in total. The first-order valence-corrected chi connectivity index (χ1v) is 7.32. The smallest absolute Gasteiger partial charge is 0.262 e. The second-order valence-corrected chi connectivity index (χ2v) is 5.32. The van der Waals surface area contributed by atoms with Gasteiger partial charge in [-0.3, -0.25) is 4.79 Å². The van der Waals surface area contributed by atoms with Gasteiger partial charge in [0.05, 0.1) is 0 Å². The lowest BCUT2D eigenvalue weighted by molar-refractivity contribution is 0.789. The Morgan fingerprint density at radius 3 is 2.17 bits per heavy atom.